The molecule has 11 nitrogen and oxygen atoms in total. The summed E-state index contributed by atoms with van der Waals surface area (Å²) >= 11 is 0. The number of nitrogens with one attached hydrogen (secondary N) is 1. The molecule has 2 aliphatic rings. The van der Waals surface area contributed by atoms with Gasteiger partial charge in [-0.15, -0.1) is 0 Å². The van der Waals surface area contributed by atoms with E-state index in [9.17, 15) is 30.0 Å². The zero-order valence-corrected chi connectivity index (χ0v) is 26.7. The third-order valence-electron chi connectivity index (χ3n) is 9.20. The van der Waals surface area contributed by atoms with Gasteiger partial charge in [-0.05, 0) is 67.0 Å². The van der Waals surface area contributed by atoms with E-state index in [1.807, 2.05) is 25.8 Å². The second kappa shape index (κ2) is 14.5. The molecular formula is C30H56N2O9. The van der Waals surface area contributed by atoms with Crippen molar-refractivity contribution in [2.75, 3.05) is 20.1 Å². The number of esters is 1. The van der Waals surface area contributed by atoms with Gasteiger partial charge in [0, 0.05) is 24.9 Å². The Morgan fingerprint density at radius 1 is 1.05 bits per heavy atom. The fraction of sp³-hybridized carbons (Fsp3) is 0.933. The molecule has 41 heavy (non-hydrogen) atoms. The zero-order valence-electron chi connectivity index (χ0n) is 26.7. The topological polar surface area (TPSA) is 158 Å². The maximum absolute atomic E-state index is 13.6. The van der Waals surface area contributed by atoms with Crippen LogP contribution in [-0.4, -0.2) is 117 Å². The normalized spacial score (nSPS) is 46.4. The maximum atomic E-state index is 13.6. The minimum atomic E-state index is -1.75. The van der Waals surface area contributed by atoms with Gasteiger partial charge in [0.25, 0.3) is 0 Å². The lowest BCUT2D eigenvalue weighted by Gasteiger charge is -2.42. The molecular weight excluding hydrogens is 532 g/mol. The van der Waals surface area contributed by atoms with Crippen LogP contribution in [0.3, 0.4) is 0 Å². The van der Waals surface area contributed by atoms with Gasteiger partial charge in [0.1, 0.15) is 23.9 Å². The number of carbonyl (C=O) groups excluding carboxylic acids is 2. The molecule has 0 bridgehead atoms. The summed E-state index contributed by atoms with van der Waals surface area (Å²) in [5.74, 6) is -2.55. The highest BCUT2D eigenvalue weighted by molar-refractivity contribution is 5.88. The third kappa shape index (κ3) is 8.47. The van der Waals surface area contributed by atoms with Crippen LogP contribution in [0.2, 0.25) is 0 Å². The van der Waals surface area contributed by atoms with Gasteiger partial charge in [0.05, 0.1) is 29.8 Å². The van der Waals surface area contributed by atoms with Crippen molar-refractivity contribution in [1.82, 2.24) is 10.2 Å². The van der Waals surface area contributed by atoms with Crippen LogP contribution in [0.4, 0.5) is 0 Å². The largest absolute Gasteiger partial charge is 0.459 e. The number of Topliss-reactive ketones (excluding diaryl/α,β-unsaturated/α-hetero) is 1. The summed E-state index contributed by atoms with van der Waals surface area (Å²) in [6, 6.07) is -0.979. The number of hydrogen-bond donors (Lipinski definition) is 5. The van der Waals surface area contributed by atoms with Crippen molar-refractivity contribution in [3.8, 4) is 0 Å². The van der Waals surface area contributed by atoms with Gasteiger partial charge in [-0.1, -0.05) is 27.7 Å². The third-order valence-corrected chi connectivity index (χ3v) is 9.20. The van der Waals surface area contributed by atoms with E-state index in [1.165, 1.54) is 6.92 Å². The second-order valence-corrected chi connectivity index (χ2v) is 13.0. The van der Waals surface area contributed by atoms with E-state index < -0.39 is 77.9 Å². The Labute approximate surface area is 245 Å². The van der Waals surface area contributed by atoms with E-state index in [4.69, 9.17) is 14.2 Å². The van der Waals surface area contributed by atoms with Crippen LogP contribution in [0.15, 0.2) is 0 Å². The molecule has 2 rings (SSSR count). The Hall–Kier alpha value is -1.18. The number of carbonyl (C=O) groups is 2. The Kier molecular flexibility index (Phi) is 12.8. The molecule has 2 heterocycles. The van der Waals surface area contributed by atoms with E-state index in [0.717, 1.165) is 0 Å². The number of ketones is 1. The summed E-state index contributed by atoms with van der Waals surface area (Å²) in [4.78, 5) is 28.1. The molecule has 2 aliphatic heterocycles. The van der Waals surface area contributed by atoms with Crippen LogP contribution in [0.25, 0.3) is 0 Å². The number of nitrogens with zero attached hydrogens (tertiary/aromatic N) is 1. The van der Waals surface area contributed by atoms with E-state index in [0.29, 0.717) is 13.1 Å². The van der Waals surface area contributed by atoms with Crippen molar-refractivity contribution in [3.05, 3.63) is 0 Å². The highest BCUT2D eigenvalue weighted by Gasteiger charge is 2.48. The average molecular weight is 589 g/mol. The molecule has 0 saturated carbocycles. The molecule has 5 N–H and O–H groups in total. The van der Waals surface area contributed by atoms with E-state index in [-0.39, 0.29) is 31.0 Å². The fourth-order valence-electron chi connectivity index (χ4n) is 6.54. The van der Waals surface area contributed by atoms with E-state index in [1.54, 1.807) is 41.5 Å². The Balaban J connectivity index is 2.51. The Morgan fingerprint density at radius 3 is 2.22 bits per heavy atom. The number of hydrogen-bond acceptors (Lipinski definition) is 11. The van der Waals surface area contributed by atoms with Gasteiger partial charge >= 0.3 is 5.97 Å². The molecule has 0 amide bonds. The number of rotatable bonds is 5. The first-order valence-electron chi connectivity index (χ1n) is 15.2. The number of likely N-dealkylation sites (N-methyl/N-ethyl adjacent to an activating group) is 2. The van der Waals surface area contributed by atoms with Crippen LogP contribution in [-0.2, 0) is 23.8 Å². The fourth-order valence-corrected chi connectivity index (χ4v) is 6.54. The van der Waals surface area contributed by atoms with Gasteiger partial charge in [-0.25, -0.2) is 0 Å². The molecule has 2 saturated heterocycles. The van der Waals surface area contributed by atoms with E-state index >= 15 is 0 Å². The second-order valence-electron chi connectivity index (χ2n) is 13.0. The van der Waals surface area contributed by atoms with Gasteiger partial charge < -0.3 is 44.9 Å². The molecule has 1 unspecified atom stereocenters. The minimum Gasteiger partial charge on any atom is -0.459 e. The number of cyclic esters (lactones) is 1. The van der Waals surface area contributed by atoms with Gasteiger partial charge in [0.2, 0.25) is 0 Å². The molecule has 240 valence electrons. The van der Waals surface area contributed by atoms with Crippen LogP contribution in [0, 0.1) is 17.8 Å². The van der Waals surface area contributed by atoms with Crippen LogP contribution < -0.4 is 5.32 Å². The van der Waals surface area contributed by atoms with Gasteiger partial charge in [-0.2, -0.15) is 0 Å². The zero-order chi connectivity index (χ0) is 31.4. The molecule has 0 spiro atoms. The molecule has 0 radical (unpaired) electrons. The molecule has 0 aliphatic carbocycles. The van der Waals surface area contributed by atoms with Crippen LogP contribution in [0.5, 0.6) is 0 Å². The SMILES string of the molecule is CCNC1C[C@H](O[C@H]2[C@H](C)[C@@H](O)[C@](C)(O)C[C@@H](C)CN(C)[C@H](C)[C@@H](O)[C@](C)(O)[C@@H](CC)OC(=O)[C@@H]2C)O[C@H](C)C1=O. The van der Waals surface area contributed by atoms with Crippen molar-refractivity contribution >= 4 is 11.8 Å². The van der Waals surface area contributed by atoms with Crippen molar-refractivity contribution in [2.45, 2.75) is 142 Å². The quantitative estimate of drug-likeness (QED) is 0.294. The highest BCUT2D eigenvalue weighted by atomic mass is 16.7. The molecule has 11 heteroatoms. The maximum Gasteiger partial charge on any atom is 0.311 e. The lowest BCUT2D eigenvalue weighted by Crippen LogP contribution is -2.59. The van der Waals surface area contributed by atoms with Crippen molar-refractivity contribution in [1.29, 1.82) is 0 Å². The van der Waals surface area contributed by atoms with Crippen molar-refractivity contribution < 1.29 is 44.2 Å². The monoisotopic (exact) mass is 588 g/mol. The predicted octanol–water partition coefficient (Wildman–Crippen LogP) is 1.23. The summed E-state index contributed by atoms with van der Waals surface area (Å²) in [7, 11) is 1.82. The summed E-state index contributed by atoms with van der Waals surface area (Å²) in [5, 5.41) is 48.7. The van der Waals surface area contributed by atoms with Crippen LogP contribution in [0.1, 0.15) is 81.6 Å². The lowest BCUT2D eigenvalue weighted by molar-refractivity contribution is -0.241. The molecule has 2 fully saturated rings. The Bertz CT molecular complexity index is 869. The molecule has 0 aromatic heterocycles. The van der Waals surface area contributed by atoms with Crippen molar-refractivity contribution in [3.63, 3.8) is 0 Å². The highest BCUT2D eigenvalue weighted by Crippen LogP contribution is 2.35. The summed E-state index contributed by atoms with van der Waals surface area (Å²) in [6.07, 6.45) is -5.38. The smallest absolute Gasteiger partial charge is 0.311 e. The number of ether oxygens (including phenoxy) is 3. The first kappa shape index (κ1) is 36.0. The first-order chi connectivity index (χ1) is 18.9. The summed E-state index contributed by atoms with van der Waals surface area (Å²) in [5.41, 5.74) is -3.29. The van der Waals surface area contributed by atoms with Crippen LogP contribution >= 0.6 is 0 Å². The number of aliphatic hydroxyl groups excluding tert-OH is 2. The summed E-state index contributed by atoms with van der Waals surface area (Å²) < 4.78 is 18.1. The Morgan fingerprint density at radius 2 is 1.66 bits per heavy atom. The van der Waals surface area contributed by atoms with Crippen molar-refractivity contribution in [2.24, 2.45) is 17.8 Å². The van der Waals surface area contributed by atoms with Gasteiger partial charge in [0.15, 0.2) is 12.1 Å². The minimum absolute atomic E-state index is 0.0861. The predicted molar refractivity (Wildman–Crippen MR) is 154 cm³/mol. The standard InChI is InChI=1S/C30H56N2O9/c1-11-22-30(9,38)27(35)19(6)32(10)15-16(3)14-29(8,37)26(34)17(4)25(18(5)28(36)40-22)41-23-13-21(31-12-2)24(33)20(7)39-23/h16-23,25-27,31,34-35,37-38H,11-15H2,1-10H3/t16-,17+,18-,19-,20-,21?,22-,23+,25+,26-,27-,29-,30-/m1/s1. The van der Waals surface area contributed by atoms with E-state index in [2.05, 4.69) is 5.32 Å². The van der Waals surface area contributed by atoms with Gasteiger partial charge in [-0.3, -0.25) is 9.59 Å². The number of aliphatic hydroxyl groups is 4. The first-order valence-corrected chi connectivity index (χ1v) is 15.2. The summed E-state index contributed by atoms with van der Waals surface area (Å²) in [6.45, 7) is 16.5. The molecule has 13 atom stereocenters. The molecule has 0 aromatic carbocycles. The lowest BCUT2D eigenvalue weighted by atomic mass is 9.78. The average Bonchev–Trinajstić information content (AvgIpc) is 2.89. The molecule has 0 aromatic rings.